The van der Waals surface area contributed by atoms with Gasteiger partial charge < -0.3 is 9.88 Å². The fourth-order valence-corrected chi connectivity index (χ4v) is 4.05. The van der Waals surface area contributed by atoms with Gasteiger partial charge in [0.1, 0.15) is 6.17 Å². The number of amides is 1. The van der Waals surface area contributed by atoms with E-state index in [4.69, 9.17) is 0 Å². The van der Waals surface area contributed by atoms with Gasteiger partial charge >= 0.3 is 0 Å². The number of halogens is 1. The van der Waals surface area contributed by atoms with Crippen molar-refractivity contribution >= 4 is 11.6 Å². The Bertz CT molecular complexity index is 687. The minimum atomic E-state index is -0.682. The fraction of sp³-hybridized carbons (Fsp3) is 0.684. The van der Waals surface area contributed by atoms with E-state index in [1.54, 1.807) is 4.90 Å². The molecule has 0 bridgehead atoms. The van der Waals surface area contributed by atoms with Gasteiger partial charge in [-0.15, -0.1) is 0 Å². The molecule has 1 fully saturated rings. The molecule has 132 valence electrons. The largest absolute Gasteiger partial charge is 0.323 e. The van der Waals surface area contributed by atoms with Crippen molar-refractivity contribution in [3.63, 3.8) is 0 Å². The van der Waals surface area contributed by atoms with Crippen molar-refractivity contribution in [3.8, 4) is 0 Å². The minimum Gasteiger partial charge on any atom is -0.323 e. The van der Waals surface area contributed by atoms with Crippen LogP contribution >= 0.6 is 0 Å². The maximum absolute atomic E-state index is 13.3. The zero-order valence-corrected chi connectivity index (χ0v) is 14.8. The average molecular weight is 334 g/mol. The van der Waals surface area contributed by atoms with Crippen molar-refractivity contribution in [2.75, 3.05) is 11.4 Å². The lowest BCUT2D eigenvalue weighted by molar-refractivity contribution is -0.118. The van der Waals surface area contributed by atoms with Gasteiger partial charge in [0.05, 0.1) is 5.69 Å². The Morgan fingerprint density at radius 2 is 2.00 bits per heavy atom. The highest BCUT2D eigenvalue weighted by molar-refractivity contribution is 5.95. The summed E-state index contributed by atoms with van der Waals surface area (Å²) < 4.78 is 13.3. The lowest BCUT2D eigenvalue weighted by Gasteiger charge is -2.24. The molecule has 0 radical (unpaired) electrons. The molecule has 4 nitrogen and oxygen atoms in total. The predicted molar refractivity (Wildman–Crippen MR) is 93.3 cm³/mol. The summed E-state index contributed by atoms with van der Waals surface area (Å²) in [5, 5.41) is 0. The van der Waals surface area contributed by atoms with E-state index in [-0.39, 0.29) is 16.9 Å². The summed E-state index contributed by atoms with van der Waals surface area (Å²) in [7, 11) is 0. The maximum atomic E-state index is 13.3. The molecule has 5 heteroatoms. The molecule has 0 atom stereocenters. The van der Waals surface area contributed by atoms with Crippen molar-refractivity contribution in [2.45, 2.75) is 70.9 Å². The minimum absolute atomic E-state index is 0.0602. The molecule has 1 aromatic rings. The molecule has 2 aliphatic rings. The van der Waals surface area contributed by atoms with Crippen LogP contribution < -0.4 is 10.5 Å². The zero-order valence-electron chi connectivity index (χ0n) is 14.8. The van der Waals surface area contributed by atoms with E-state index in [1.165, 1.54) is 0 Å². The first-order chi connectivity index (χ1) is 11.3. The molecule has 2 heterocycles. The first kappa shape index (κ1) is 17.2. The summed E-state index contributed by atoms with van der Waals surface area (Å²) in [5.41, 5.74) is 2.12. The SMILES string of the molecule is CCC(=O)N1CC(C)(C)c2[nH]c(=O)c(CC3CCC(F)CC3)cc21. The quantitative estimate of drug-likeness (QED) is 0.920. The second-order valence-corrected chi connectivity index (χ2v) is 7.92. The lowest BCUT2D eigenvalue weighted by atomic mass is 9.84. The van der Waals surface area contributed by atoms with Crippen LogP contribution in [-0.4, -0.2) is 23.6 Å². The van der Waals surface area contributed by atoms with Gasteiger partial charge in [-0.2, -0.15) is 0 Å². The number of anilines is 1. The van der Waals surface area contributed by atoms with Crippen molar-refractivity contribution in [1.29, 1.82) is 0 Å². The summed E-state index contributed by atoms with van der Waals surface area (Å²) in [6, 6.07) is 1.90. The van der Waals surface area contributed by atoms with Gasteiger partial charge in [-0.3, -0.25) is 9.59 Å². The summed E-state index contributed by atoms with van der Waals surface area (Å²) in [6.07, 6.45) is 3.30. The second kappa shape index (κ2) is 6.34. The zero-order chi connectivity index (χ0) is 17.5. The molecule has 1 amide bonds. The van der Waals surface area contributed by atoms with Crippen LogP contribution in [0, 0.1) is 5.92 Å². The standard InChI is InChI=1S/C19H27FN2O2/c1-4-16(23)22-11-19(2,3)17-15(22)10-13(18(24)21-17)9-12-5-7-14(20)8-6-12/h10,12,14H,4-9,11H2,1-3H3,(H,21,24). The van der Waals surface area contributed by atoms with Gasteiger partial charge in [0.25, 0.3) is 5.56 Å². The van der Waals surface area contributed by atoms with Crippen LogP contribution in [0.25, 0.3) is 0 Å². The van der Waals surface area contributed by atoms with Crippen LogP contribution in [0.4, 0.5) is 10.1 Å². The van der Waals surface area contributed by atoms with E-state index < -0.39 is 6.17 Å². The Hall–Kier alpha value is -1.65. The highest BCUT2D eigenvalue weighted by Crippen LogP contribution is 2.39. The van der Waals surface area contributed by atoms with Gasteiger partial charge in [-0.1, -0.05) is 20.8 Å². The Morgan fingerprint density at radius 1 is 1.33 bits per heavy atom. The maximum Gasteiger partial charge on any atom is 0.251 e. The van der Waals surface area contributed by atoms with Gasteiger partial charge in [0.15, 0.2) is 0 Å². The van der Waals surface area contributed by atoms with Crippen LogP contribution in [0.3, 0.4) is 0 Å². The summed E-state index contributed by atoms with van der Waals surface area (Å²) in [4.78, 5) is 29.6. The summed E-state index contributed by atoms with van der Waals surface area (Å²) in [5.74, 6) is 0.443. The number of pyridine rings is 1. The predicted octanol–water partition coefficient (Wildman–Crippen LogP) is 3.48. The number of nitrogens with one attached hydrogen (secondary N) is 1. The summed E-state index contributed by atoms with van der Waals surface area (Å²) in [6.45, 7) is 6.55. The molecule has 1 aromatic heterocycles. The number of carbonyl (C=O) groups excluding carboxylic acids is 1. The number of aromatic nitrogens is 1. The third kappa shape index (κ3) is 3.13. The van der Waals surface area contributed by atoms with Crippen molar-refractivity contribution in [1.82, 2.24) is 4.98 Å². The van der Waals surface area contributed by atoms with Crippen molar-refractivity contribution in [2.24, 2.45) is 5.92 Å². The molecule has 0 spiro atoms. The van der Waals surface area contributed by atoms with E-state index in [0.29, 0.717) is 38.1 Å². The highest BCUT2D eigenvalue weighted by Gasteiger charge is 2.39. The number of alkyl halides is 1. The second-order valence-electron chi connectivity index (χ2n) is 7.92. The first-order valence-corrected chi connectivity index (χ1v) is 9.03. The van der Waals surface area contributed by atoms with Gasteiger partial charge in [0.2, 0.25) is 5.91 Å². The molecular formula is C19H27FN2O2. The van der Waals surface area contributed by atoms with Crippen LogP contribution in [0.2, 0.25) is 0 Å². The van der Waals surface area contributed by atoms with E-state index in [0.717, 1.165) is 29.8 Å². The molecule has 24 heavy (non-hydrogen) atoms. The number of aromatic amines is 1. The van der Waals surface area contributed by atoms with E-state index in [2.05, 4.69) is 4.98 Å². The van der Waals surface area contributed by atoms with Crippen LogP contribution in [-0.2, 0) is 16.6 Å². The number of H-pyrrole nitrogens is 1. The average Bonchev–Trinajstić information content (AvgIpc) is 2.80. The Balaban J connectivity index is 1.90. The van der Waals surface area contributed by atoms with E-state index in [1.807, 2.05) is 26.8 Å². The number of nitrogens with zero attached hydrogens (tertiary/aromatic N) is 1. The third-order valence-corrected chi connectivity index (χ3v) is 5.51. The van der Waals surface area contributed by atoms with Crippen LogP contribution in [0.15, 0.2) is 10.9 Å². The Morgan fingerprint density at radius 3 is 2.62 bits per heavy atom. The lowest BCUT2D eigenvalue weighted by Crippen LogP contribution is -2.33. The van der Waals surface area contributed by atoms with Gasteiger partial charge in [-0.05, 0) is 44.1 Å². The molecule has 0 saturated heterocycles. The number of carbonyl (C=O) groups is 1. The molecule has 0 aromatic carbocycles. The molecule has 3 rings (SSSR count). The van der Waals surface area contributed by atoms with Crippen LogP contribution in [0.1, 0.15) is 64.1 Å². The number of rotatable bonds is 3. The van der Waals surface area contributed by atoms with Crippen LogP contribution in [0.5, 0.6) is 0 Å². The van der Waals surface area contributed by atoms with E-state index in [9.17, 15) is 14.0 Å². The molecule has 1 N–H and O–H groups in total. The molecule has 1 aliphatic heterocycles. The number of fused-ring (bicyclic) bond motifs is 1. The number of hydrogen-bond donors (Lipinski definition) is 1. The molecule has 1 saturated carbocycles. The Kier molecular flexibility index (Phi) is 4.54. The topological polar surface area (TPSA) is 53.2 Å². The number of hydrogen-bond acceptors (Lipinski definition) is 2. The normalized spacial score (nSPS) is 25.6. The smallest absolute Gasteiger partial charge is 0.251 e. The first-order valence-electron chi connectivity index (χ1n) is 9.03. The molecular weight excluding hydrogens is 307 g/mol. The Labute approximate surface area is 142 Å². The third-order valence-electron chi connectivity index (χ3n) is 5.51. The van der Waals surface area contributed by atoms with Gasteiger partial charge in [0, 0.05) is 29.6 Å². The molecule has 0 unspecified atom stereocenters. The van der Waals surface area contributed by atoms with E-state index >= 15 is 0 Å². The van der Waals surface area contributed by atoms with Gasteiger partial charge in [-0.25, -0.2) is 4.39 Å². The summed E-state index contributed by atoms with van der Waals surface area (Å²) >= 11 is 0. The highest BCUT2D eigenvalue weighted by atomic mass is 19.1. The fourth-order valence-electron chi connectivity index (χ4n) is 4.05. The van der Waals surface area contributed by atoms with Crippen molar-refractivity contribution in [3.05, 3.63) is 27.7 Å². The monoisotopic (exact) mass is 334 g/mol. The van der Waals surface area contributed by atoms with Crippen molar-refractivity contribution < 1.29 is 9.18 Å². The molecule has 1 aliphatic carbocycles.